The summed E-state index contributed by atoms with van der Waals surface area (Å²) in [6.45, 7) is 6.72. The van der Waals surface area contributed by atoms with Crippen molar-refractivity contribution >= 4 is 5.97 Å². The molecule has 0 spiro atoms. The standard InChI is InChI=1S/C10H17NO2/c1-10(2,3)13-9(12)8-7-4-6(7)5-11-8/h6-8,11H,4-5H2,1-3H3/t6-,7-,8-/m1/s1. The van der Waals surface area contributed by atoms with Gasteiger partial charge in [0.1, 0.15) is 11.6 Å². The molecule has 0 aromatic rings. The molecule has 3 atom stereocenters. The molecule has 2 rings (SSSR count). The van der Waals surface area contributed by atoms with Gasteiger partial charge in [-0.1, -0.05) is 0 Å². The van der Waals surface area contributed by atoms with Crippen molar-refractivity contribution in [3.8, 4) is 0 Å². The molecule has 1 heterocycles. The van der Waals surface area contributed by atoms with Gasteiger partial charge in [0.25, 0.3) is 0 Å². The fourth-order valence-corrected chi connectivity index (χ4v) is 1.97. The number of piperidine rings is 1. The molecule has 1 saturated carbocycles. The molecule has 3 nitrogen and oxygen atoms in total. The summed E-state index contributed by atoms with van der Waals surface area (Å²) in [5.74, 6) is 1.24. The molecule has 74 valence electrons. The summed E-state index contributed by atoms with van der Waals surface area (Å²) in [7, 11) is 0. The molecule has 3 heteroatoms. The maximum Gasteiger partial charge on any atom is 0.323 e. The first-order valence-corrected chi connectivity index (χ1v) is 4.93. The lowest BCUT2D eigenvalue weighted by molar-refractivity contribution is -0.157. The van der Waals surface area contributed by atoms with Gasteiger partial charge in [0.2, 0.25) is 0 Å². The lowest BCUT2D eigenvalue weighted by Gasteiger charge is -2.22. The molecule has 0 aromatic carbocycles. The van der Waals surface area contributed by atoms with Gasteiger partial charge in [-0.05, 0) is 45.6 Å². The molecule has 0 amide bonds. The van der Waals surface area contributed by atoms with Crippen LogP contribution in [-0.2, 0) is 9.53 Å². The quantitative estimate of drug-likeness (QED) is 0.615. The number of hydrogen-bond acceptors (Lipinski definition) is 3. The fourth-order valence-electron chi connectivity index (χ4n) is 1.97. The maximum absolute atomic E-state index is 11.6. The second kappa shape index (κ2) is 2.71. The molecule has 0 radical (unpaired) electrons. The highest BCUT2D eigenvalue weighted by molar-refractivity contribution is 5.77. The van der Waals surface area contributed by atoms with E-state index in [2.05, 4.69) is 5.32 Å². The maximum atomic E-state index is 11.6. The van der Waals surface area contributed by atoms with E-state index in [1.807, 2.05) is 20.8 Å². The van der Waals surface area contributed by atoms with Crippen LogP contribution in [0.25, 0.3) is 0 Å². The van der Waals surface area contributed by atoms with Crippen LogP contribution >= 0.6 is 0 Å². The molecule has 1 aliphatic heterocycles. The van der Waals surface area contributed by atoms with E-state index in [-0.39, 0.29) is 17.6 Å². The van der Waals surface area contributed by atoms with Gasteiger partial charge in [0, 0.05) is 0 Å². The lowest BCUT2D eigenvalue weighted by Crippen LogP contribution is -2.39. The summed E-state index contributed by atoms with van der Waals surface area (Å²) >= 11 is 0. The summed E-state index contributed by atoms with van der Waals surface area (Å²) in [6.07, 6.45) is 1.21. The van der Waals surface area contributed by atoms with Crippen LogP contribution in [0.15, 0.2) is 0 Å². The van der Waals surface area contributed by atoms with Gasteiger partial charge in [-0.15, -0.1) is 0 Å². The van der Waals surface area contributed by atoms with Gasteiger partial charge >= 0.3 is 5.97 Å². The van der Waals surface area contributed by atoms with E-state index in [1.54, 1.807) is 0 Å². The molecular weight excluding hydrogens is 166 g/mol. The SMILES string of the molecule is CC(C)(C)OC(=O)[C@@H]1NC[C@H]2C[C@H]21. The van der Waals surface area contributed by atoms with E-state index in [0.29, 0.717) is 5.92 Å². The van der Waals surface area contributed by atoms with Crippen LogP contribution in [0.5, 0.6) is 0 Å². The van der Waals surface area contributed by atoms with Crippen LogP contribution in [0.3, 0.4) is 0 Å². The smallest absolute Gasteiger partial charge is 0.323 e. The van der Waals surface area contributed by atoms with E-state index in [0.717, 1.165) is 12.5 Å². The van der Waals surface area contributed by atoms with Crippen LogP contribution in [-0.4, -0.2) is 24.2 Å². The van der Waals surface area contributed by atoms with E-state index < -0.39 is 0 Å². The Kier molecular flexibility index (Phi) is 1.88. The van der Waals surface area contributed by atoms with Crippen molar-refractivity contribution in [1.82, 2.24) is 5.32 Å². The fraction of sp³-hybridized carbons (Fsp3) is 0.900. The van der Waals surface area contributed by atoms with Gasteiger partial charge < -0.3 is 10.1 Å². The van der Waals surface area contributed by atoms with Crippen molar-refractivity contribution in [2.75, 3.05) is 6.54 Å². The molecule has 1 aliphatic carbocycles. The van der Waals surface area contributed by atoms with Crippen molar-refractivity contribution in [2.24, 2.45) is 11.8 Å². The number of fused-ring (bicyclic) bond motifs is 1. The number of nitrogens with one attached hydrogen (secondary N) is 1. The minimum Gasteiger partial charge on any atom is -0.459 e. The Hall–Kier alpha value is -0.570. The van der Waals surface area contributed by atoms with Crippen molar-refractivity contribution in [1.29, 1.82) is 0 Å². The summed E-state index contributed by atoms with van der Waals surface area (Å²) in [5.41, 5.74) is -0.355. The molecule has 0 bridgehead atoms. The van der Waals surface area contributed by atoms with Crippen LogP contribution in [0.1, 0.15) is 27.2 Å². The third kappa shape index (κ3) is 1.85. The topological polar surface area (TPSA) is 38.3 Å². The number of esters is 1. The Balaban J connectivity index is 1.90. The first-order chi connectivity index (χ1) is 5.97. The third-order valence-corrected chi connectivity index (χ3v) is 2.67. The average molecular weight is 183 g/mol. The predicted octanol–water partition coefficient (Wildman–Crippen LogP) is 0.936. The summed E-state index contributed by atoms with van der Waals surface area (Å²) in [5, 5.41) is 3.20. The van der Waals surface area contributed by atoms with Crippen molar-refractivity contribution in [3.05, 3.63) is 0 Å². The third-order valence-electron chi connectivity index (χ3n) is 2.67. The molecule has 1 N–H and O–H groups in total. The molecule has 0 unspecified atom stereocenters. The van der Waals surface area contributed by atoms with Crippen molar-refractivity contribution in [2.45, 2.75) is 38.8 Å². The highest BCUT2D eigenvalue weighted by Gasteiger charge is 2.52. The second-order valence-corrected chi connectivity index (χ2v) is 5.08. The predicted molar refractivity (Wildman–Crippen MR) is 49.2 cm³/mol. The van der Waals surface area contributed by atoms with Crippen LogP contribution in [0.2, 0.25) is 0 Å². The van der Waals surface area contributed by atoms with Gasteiger partial charge in [0.15, 0.2) is 0 Å². The summed E-state index contributed by atoms with van der Waals surface area (Å²) < 4.78 is 5.32. The molecule has 1 saturated heterocycles. The zero-order valence-electron chi connectivity index (χ0n) is 8.46. The number of ether oxygens (including phenoxy) is 1. The van der Waals surface area contributed by atoms with Crippen LogP contribution in [0, 0.1) is 11.8 Å². The normalized spacial score (nSPS) is 37.0. The van der Waals surface area contributed by atoms with Gasteiger partial charge in [-0.2, -0.15) is 0 Å². The van der Waals surface area contributed by atoms with Crippen molar-refractivity contribution in [3.63, 3.8) is 0 Å². The molecule has 2 fully saturated rings. The summed E-state index contributed by atoms with van der Waals surface area (Å²) in [4.78, 5) is 11.6. The minimum atomic E-state index is -0.355. The average Bonchev–Trinajstić information content (AvgIpc) is 2.59. The Morgan fingerprint density at radius 3 is 2.54 bits per heavy atom. The zero-order chi connectivity index (χ0) is 9.64. The van der Waals surface area contributed by atoms with E-state index in [1.165, 1.54) is 6.42 Å². The molecule has 13 heavy (non-hydrogen) atoms. The number of carbonyl (C=O) groups excluding carboxylic acids is 1. The highest BCUT2D eigenvalue weighted by Crippen LogP contribution is 2.45. The number of hydrogen-bond donors (Lipinski definition) is 1. The molecule has 0 aromatic heterocycles. The second-order valence-electron chi connectivity index (χ2n) is 5.08. The van der Waals surface area contributed by atoms with E-state index in [4.69, 9.17) is 4.74 Å². The number of rotatable bonds is 1. The monoisotopic (exact) mass is 183 g/mol. The largest absolute Gasteiger partial charge is 0.459 e. The first kappa shape index (κ1) is 9.00. The van der Waals surface area contributed by atoms with Gasteiger partial charge in [-0.25, -0.2) is 0 Å². The lowest BCUT2D eigenvalue weighted by atomic mass is 10.1. The Labute approximate surface area is 78.8 Å². The number of carbonyl (C=O) groups is 1. The molecular formula is C10H17NO2. The van der Waals surface area contributed by atoms with Gasteiger partial charge in [0.05, 0.1) is 0 Å². The Morgan fingerprint density at radius 1 is 1.46 bits per heavy atom. The Bertz CT molecular complexity index is 232. The highest BCUT2D eigenvalue weighted by atomic mass is 16.6. The zero-order valence-corrected chi connectivity index (χ0v) is 8.46. The Morgan fingerprint density at radius 2 is 2.15 bits per heavy atom. The first-order valence-electron chi connectivity index (χ1n) is 4.93. The summed E-state index contributed by atoms with van der Waals surface area (Å²) in [6, 6.07) is -0.0239. The van der Waals surface area contributed by atoms with Crippen molar-refractivity contribution < 1.29 is 9.53 Å². The molecule has 2 aliphatic rings. The van der Waals surface area contributed by atoms with Crippen LogP contribution < -0.4 is 5.32 Å². The van der Waals surface area contributed by atoms with E-state index in [9.17, 15) is 4.79 Å². The van der Waals surface area contributed by atoms with E-state index >= 15 is 0 Å². The minimum absolute atomic E-state index is 0.0239. The van der Waals surface area contributed by atoms with Crippen LogP contribution in [0.4, 0.5) is 0 Å². The van der Waals surface area contributed by atoms with Gasteiger partial charge in [-0.3, -0.25) is 4.79 Å².